The molecule has 0 saturated heterocycles. The number of pyridine rings is 1. The highest BCUT2D eigenvalue weighted by atomic mass is 16.5. The van der Waals surface area contributed by atoms with Crippen molar-refractivity contribution < 1.29 is 4.52 Å². The minimum atomic E-state index is 0.770. The Morgan fingerprint density at radius 1 is 1.26 bits per heavy atom. The zero-order valence-electron chi connectivity index (χ0n) is 12.9. The minimum absolute atomic E-state index is 0.770. The van der Waals surface area contributed by atoms with Crippen LogP contribution in [-0.4, -0.2) is 31.6 Å². The lowest BCUT2D eigenvalue weighted by molar-refractivity contribution is 0.235. The maximum absolute atomic E-state index is 5.13. The predicted octanol–water partition coefficient (Wildman–Crippen LogP) is 2.39. The molecule has 0 saturated carbocycles. The molecule has 0 spiro atoms. The summed E-state index contributed by atoms with van der Waals surface area (Å²) in [4.78, 5) is 15.6. The third kappa shape index (κ3) is 2.98. The van der Waals surface area contributed by atoms with Gasteiger partial charge in [-0.1, -0.05) is 5.16 Å². The first-order valence-electron chi connectivity index (χ1n) is 7.68. The number of fused-ring (bicyclic) bond motifs is 1. The Balaban J connectivity index is 1.52. The standard InChI is InChI=1S/C17H17N5O/c1-12-8-15(21-23-12)11-22-7-4-16-14(10-22)9-19-17(20-16)13-2-5-18-6-3-13/h2-3,5-6,8-9H,4,7,10-11H2,1H3. The fourth-order valence-electron chi connectivity index (χ4n) is 2.87. The first-order chi connectivity index (χ1) is 11.3. The van der Waals surface area contributed by atoms with E-state index < -0.39 is 0 Å². The molecule has 0 aliphatic carbocycles. The van der Waals surface area contributed by atoms with Gasteiger partial charge in [-0.05, 0) is 19.1 Å². The summed E-state index contributed by atoms with van der Waals surface area (Å²) in [5, 5.41) is 4.07. The van der Waals surface area contributed by atoms with Crippen molar-refractivity contribution in [1.82, 2.24) is 25.0 Å². The normalized spacial score (nSPS) is 14.7. The Kier molecular flexibility index (Phi) is 3.59. The molecular formula is C17H17N5O. The summed E-state index contributed by atoms with van der Waals surface area (Å²) in [7, 11) is 0. The molecule has 6 heteroatoms. The van der Waals surface area contributed by atoms with E-state index in [1.165, 1.54) is 5.56 Å². The van der Waals surface area contributed by atoms with Gasteiger partial charge in [0.05, 0.1) is 11.4 Å². The van der Waals surface area contributed by atoms with Crippen LogP contribution in [0.3, 0.4) is 0 Å². The molecule has 0 amide bonds. The third-order valence-corrected chi connectivity index (χ3v) is 4.01. The van der Waals surface area contributed by atoms with Gasteiger partial charge in [-0.15, -0.1) is 0 Å². The number of hydrogen-bond donors (Lipinski definition) is 0. The highest BCUT2D eigenvalue weighted by molar-refractivity contribution is 5.54. The Labute approximate surface area is 134 Å². The number of nitrogens with zero attached hydrogens (tertiary/aromatic N) is 5. The van der Waals surface area contributed by atoms with Gasteiger partial charge in [-0.3, -0.25) is 9.88 Å². The minimum Gasteiger partial charge on any atom is -0.361 e. The second kappa shape index (κ2) is 5.89. The van der Waals surface area contributed by atoms with Gasteiger partial charge in [0.1, 0.15) is 5.76 Å². The quantitative estimate of drug-likeness (QED) is 0.740. The van der Waals surface area contributed by atoms with Crippen LogP contribution in [0, 0.1) is 6.92 Å². The van der Waals surface area contributed by atoms with Crippen LogP contribution < -0.4 is 0 Å². The number of hydrogen-bond acceptors (Lipinski definition) is 6. The van der Waals surface area contributed by atoms with Gasteiger partial charge in [-0.2, -0.15) is 0 Å². The van der Waals surface area contributed by atoms with Crippen molar-refractivity contribution in [3.8, 4) is 11.4 Å². The average molecular weight is 307 g/mol. The number of aryl methyl sites for hydroxylation is 1. The SMILES string of the molecule is Cc1cc(CN2CCc3nc(-c4ccncc4)ncc3C2)no1. The lowest BCUT2D eigenvalue weighted by atomic mass is 10.1. The van der Waals surface area contributed by atoms with Crippen LogP contribution in [0.4, 0.5) is 0 Å². The zero-order valence-corrected chi connectivity index (χ0v) is 12.9. The summed E-state index contributed by atoms with van der Waals surface area (Å²) in [5.74, 6) is 1.62. The molecule has 4 heterocycles. The molecule has 0 atom stereocenters. The first-order valence-corrected chi connectivity index (χ1v) is 7.68. The molecule has 4 rings (SSSR count). The Bertz CT molecular complexity index is 815. The summed E-state index contributed by atoms with van der Waals surface area (Å²) in [6.45, 7) is 4.52. The molecule has 0 aromatic carbocycles. The third-order valence-electron chi connectivity index (χ3n) is 4.01. The van der Waals surface area contributed by atoms with Crippen molar-refractivity contribution in [3.05, 3.63) is 59.5 Å². The van der Waals surface area contributed by atoms with Crippen molar-refractivity contribution in [1.29, 1.82) is 0 Å². The van der Waals surface area contributed by atoms with E-state index in [4.69, 9.17) is 9.51 Å². The second-order valence-electron chi connectivity index (χ2n) is 5.79. The van der Waals surface area contributed by atoms with Crippen LogP contribution in [0.15, 0.2) is 41.3 Å². The Morgan fingerprint density at radius 2 is 2.13 bits per heavy atom. The molecule has 116 valence electrons. The van der Waals surface area contributed by atoms with Crippen molar-refractivity contribution in [2.24, 2.45) is 0 Å². The Hall–Kier alpha value is -2.60. The second-order valence-corrected chi connectivity index (χ2v) is 5.79. The molecule has 3 aromatic heterocycles. The average Bonchev–Trinajstić information content (AvgIpc) is 3.00. The van der Waals surface area contributed by atoms with Gasteiger partial charge in [-0.25, -0.2) is 9.97 Å². The first kappa shape index (κ1) is 14.0. The van der Waals surface area contributed by atoms with Gasteiger partial charge in [0.25, 0.3) is 0 Å². The van der Waals surface area contributed by atoms with Crippen LogP contribution in [-0.2, 0) is 19.5 Å². The maximum atomic E-state index is 5.13. The van der Waals surface area contributed by atoms with Gasteiger partial charge < -0.3 is 4.52 Å². The van der Waals surface area contributed by atoms with Crippen molar-refractivity contribution in [2.45, 2.75) is 26.4 Å². The van der Waals surface area contributed by atoms with Gasteiger partial charge in [0, 0.05) is 61.8 Å². The van der Waals surface area contributed by atoms with E-state index in [2.05, 4.69) is 20.0 Å². The summed E-state index contributed by atoms with van der Waals surface area (Å²) in [5.41, 5.74) is 4.30. The van der Waals surface area contributed by atoms with Gasteiger partial charge in [0.15, 0.2) is 5.82 Å². The van der Waals surface area contributed by atoms with Crippen LogP contribution >= 0.6 is 0 Å². The summed E-state index contributed by atoms with van der Waals surface area (Å²) in [6.07, 6.45) is 6.39. The molecule has 0 bridgehead atoms. The van der Waals surface area contributed by atoms with E-state index >= 15 is 0 Å². The van der Waals surface area contributed by atoms with E-state index in [9.17, 15) is 0 Å². The van der Waals surface area contributed by atoms with E-state index in [0.29, 0.717) is 0 Å². The zero-order chi connectivity index (χ0) is 15.6. The van der Waals surface area contributed by atoms with Crippen LogP contribution in [0.5, 0.6) is 0 Å². The molecule has 1 aliphatic heterocycles. The molecular weight excluding hydrogens is 290 g/mol. The van der Waals surface area contributed by atoms with Crippen LogP contribution in [0.1, 0.15) is 22.7 Å². The smallest absolute Gasteiger partial charge is 0.159 e. The van der Waals surface area contributed by atoms with Gasteiger partial charge in [0.2, 0.25) is 0 Å². The topological polar surface area (TPSA) is 67.9 Å². The van der Waals surface area contributed by atoms with Crippen LogP contribution in [0.25, 0.3) is 11.4 Å². The van der Waals surface area contributed by atoms with E-state index in [1.807, 2.05) is 31.3 Å². The van der Waals surface area contributed by atoms with Crippen molar-refractivity contribution in [3.63, 3.8) is 0 Å². The molecule has 0 unspecified atom stereocenters. The molecule has 0 fully saturated rings. The molecule has 23 heavy (non-hydrogen) atoms. The van der Waals surface area contributed by atoms with E-state index in [0.717, 1.165) is 54.6 Å². The number of rotatable bonds is 3. The molecule has 3 aromatic rings. The highest BCUT2D eigenvalue weighted by Gasteiger charge is 2.19. The molecule has 0 radical (unpaired) electrons. The van der Waals surface area contributed by atoms with E-state index in [1.54, 1.807) is 12.4 Å². The fourth-order valence-corrected chi connectivity index (χ4v) is 2.87. The largest absolute Gasteiger partial charge is 0.361 e. The molecule has 0 N–H and O–H groups in total. The van der Waals surface area contributed by atoms with E-state index in [-0.39, 0.29) is 0 Å². The maximum Gasteiger partial charge on any atom is 0.159 e. The van der Waals surface area contributed by atoms with Crippen molar-refractivity contribution in [2.75, 3.05) is 6.54 Å². The lowest BCUT2D eigenvalue weighted by Crippen LogP contribution is -2.31. The fraction of sp³-hybridized carbons (Fsp3) is 0.294. The molecule has 1 aliphatic rings. The lowest BCUT2D eigenvalue weighted by Gasteiger charge is -2.27. The predicted molar refractivity (Wildman–Crippen MR) is 84.3 cm³/mol. The summed E-state index contributed by atoms with van der Waals surface area (Å²) >= 11 is 0. The summed E-state index contributed by atoms with van der Waals surface area (Å²) in [6, 6.07) is 5.85. The van der Waals surface area contributed by atoms with Gasteiger partial charge >= 0.3 is 0 Å². The number of aromatic nitrogens is 4. The monoisotopic (exact) mass is 307 g/mol. The highest BCUT2D eigenvalue weighted by Crippen LogP contribution is 2.21. The van der Waals surface area contributed by atoms with Crippen LogP contribution in [0.2, 0.25) is 0 Å². The summed E-state index contributed by atoms with van der Waals surface area (Å²) < 4.78 is 5.13. The Morgan fingerprint density at radius 3 is 2.91 bits per heavy atom. The van der Waals surface area contributed by atoms with Crippen molar-refractivity contribution >= 4 is 0 Å². The molecule has 6 nitrogen and oxygen atoms in total.